The van der Waals surface area contributed by atoms with Gasteiger partial charge in [-0.05, 0) is 43.6 Å². The Hall–Kier alpha value is -0.780. The quantitative estimate of drug-likeness (QED) is 0.656. The van der Waals surface area contributed by atoms with E-state index in [9.17, 15) is 0 Å². The number of rotatable bonds is 2. The zero-order valence-corrected chi connectivity index (χ0v) is 9.67. The lowest BCUT2D eigenvalue weighted by molar-refractivity contribution is 0.548. The molecule has 2 atom stereocenters. The van der Waals surface area contributed by atoms with Crippen LogP contribution in [-0.2, 0) is 0 Å². The van der Waals surface area contributed by atoms with Crippen molar-refractivity contribution >= 4 is 0 Å². The fourth-order valence-corrected chi connectivity index (χ4v) is 2.56. The Balaban J connectivity index is 2.19. The number of hydrogen-bond acceptors (Lipinski definition) is 0. The molecule has 0 bridgehead atoms. The second-order valence-corrected chi connectivity index (χ2v) is 5.17. The summed E-state index contributed by atoms with van der Waals surface area (Å²) in [6, 6.07) is 6.98. The Kier molecular flexibility index (Phi) is 2.38. The van der Waals surface area contributed by atoms with E-state index in [0.717, 1.165) is 17.8 Å². The van der Waals surface area contributed by atoms with Crippen LogP contribution in [0.25, 0.3) is 0 Å². The maximum Gasteiger partial charge on any atom is -0.0128 e. The summed E-state index contributed by atoms with van der Waals surface area (Å²) < 4.78 is 0. The van der Waals surface area contributed by atoms with Crippen LogP contribution in [0.15, 0.2) is 18.2 Å². The molecular formula is C14H20. The maximum absolute atomic E-state index is 2.36. The fourth-order valence-electron chi connectivity index (χ4n) is 2.56. The SMILES string of the molecule is Cc1cc(C)cc(C2CC2C(C)C)c1. The van der Waals surface area contributed by atoms with Gasteiger partial charge in [-0.25, -0.2) is 0 Å². The van der Waals surface area contributed by atoms with Crippen molar-refractivity contribution in [1.29, 1.82) is 0 Å². The van der Waals surface area contributed by atoms with Crippen LogP contribution < -0.4 is 0 Å². The molecule has 76 valence electrons. The highest BCUT2D eigenvalue weighted by atomic mass is 14.4. The molecule has 0 heteroatoms. The molecule has 2 unspecified atom stereocenters. The molecule has 1 aliphatic carbocycles. The molecular weight excluding hydrogens is 168 g/mol. The predicted octanol–water partition coefficient (Wildman–Crippen LogP) is 4.06. The summed E-state index contributed by atoms with van der Waals surface area (Å²) in [5, 5.41) is 0. The van der Waals surface area contributed by atoms with Crippen LogP contribution in [0, 0.1) is 25.7 Å². The molecule has 1 aromatic carbocycles. The van der Waals surface area contributed by atoms with Crippen molar-refractivity contribution in [3.63, 3.8) is 0 Å². The summed E-state index contributed by atoms with van der Waals surface area (Å²) >= 11 is 0. The van der Waals surface area contributed by atoms with E-state index in [2.05, 4.69) is 45.9 Å². The molecule has 14 heavy (non-hydrogen) atoms. The van der Waals surface area contributed by atoms with E-state index in [1.165, 1.54) is 17.5 Å². The van der Waals surface area contributed by atoms with Crippen LogP contribution in [0.2, 0.25) is 0 Å². The smallest absolute Gasteiger partial charge is 0.0128 e. The largest absolute Gasteiger partial charge is 0.0625 e. The Morgan fingerprint density at radius 1 is 1.07 bits per heavy atom. The molecule has 1 aromatic rings. The summed E-state index contributed by atoms with van der Waals surface area (Å²) in [5.41, 5.74) is 4.39. The molecule has 0 N–H and O–H groups in total. The lowest BCUT2D eigenvalue weighted by Gasteiger charge is -2.06. The van der Waals surface area contributed by atoms with Gasteiger partial charge in [0.15, 0.2) is 0 Å². The zero-order valence-electron chi connectivity index (χ0n) is 9.67. The molecule has 2 rings (SSSR count). The monoisotopic (exact) mass is 188 g/mol. The molecule has 0 radical (unpaired) electrons. The highest BCUT2D eigenvalue weighted by molar-refractivity contribution is 5.34. The summed E-state index contributed by atoms with van der Waals surface area (Å²) in [7, 11) is 0. The first-order chi connectivity index (χ1) is 6.58. The van der Waals surface area contributed by atoms with E-state index in [0.29, 0.717) is 0 Å². The Labute approximate surface area is 87.3 Å². The van der Waals surface area contributed by atoms with E-state index < -0.39 is 0 Å². The lowest BCUT2D eigenvalue weighted by Crippen LogP contribution is -1.93. The van der Waals surface area contributed by atoms with Crippen LogP contribution >= 0.6 is 0 Å². The van der Waals surface area contributed by atoms with Crippen molar-refractivity contribution in [2.24, 2.45) is 11.8 Å². The number of aryl methyl sites for hydroxylation is 2. The van der Waals surface area contributed by atoms with Crippen LogP contribution in [0.3, 0.4) is 0 Å². The summed E-state index contributed by atoms with van der Waals surface area (Å²) in [6.45, 7) is 9.08. The van der Waals surface area contributed by atoms with Gasteiger partial charge in [-0.15, -0.1) is 0 Å². The van der Waals surface area contributed by atoms with Gasteiger partial charge in [0.05, 0.1) is 0 Å². The summed E-state index contributed by atoms with van der Waals surface area (Å²) in [5.74, 6) is 2.64. The third-order valence-electron chi connectivity index (χ3n) is 3.37. The summed E-state index contributed by atoms with van der Waals surface area (Å²) in [6.07, 6.45) is 1.40. The first-order valence-electron chi connectivity index (χ1n) is 5.66. The minimum absolute atomic E-state index is 0.848. The molecule has 0 saturated heterocycles. The van der Waals surface area contributed by atoms with Gasteiger partial charge < -0.3 is 0 Å². The van der Waals surface area contributed by atoms with Crippen molar-refractivity contribution in [1.82, 2.24) is 0 Å². The van der Waals surface area contributed by atoms with Gasteiger partial charge in [-0.1, -0.05) is 43.2 Å². The number of hydrogen-bond donors (Lipinski definition) is 0. The van der Waals surface area contributed by atoms with Crippen molar-refractivity contribution < 1.29 is 0 Å². The van der Waals surface area contributed by atoms with Crippen LogP contribution in [0.4, 0.5) is 0 Å². The maximum atomic E-state index is 2.36. The molecule has 1 aliphatic rings. The molecule has 0 heterocycles. The molecule has 0 spiro atoms. The summed E-state index contributed by atoms with van der Waals surface area (Å²) in [4.78, 5) is 0. The molecule has 0 nitrogen and oxygen atoms in total. The molecule has 0 aliphatic heterocycles. The fraction of sp³-hybridized carbons (Fsp3) is 0.571. The van der Waals surface area contributed by atoms with E-state index in [1.807, 2.05) is 0 Å². The van der Waals surface area contributed by atoms with Crippen molar-refractivity contribution in [2.45, 2.75) is 40.0 Å². The lowest BCUT2D eigenvalue weighted by atomic mass is 9.99. The van der Waals surface area contributed by atoms with E-state index in [4.69, 9.17) is 0 Å². The van der Waals surface area contributed by atoms with Crippen molar-refractivity contribution in [3.05, 3.63) is 34.9 Å². The van der Waals surface area contributed by atoms with Crippen molar-refractivity contribution in [2.75, 3.05) is 0 Å². The average Bonchev–Trinajstić information content (AvgIpc) is 2.79. The average molecular weight is 188 g/mol. The standard InChI is InChI=1S/C14H20/c1-9(2)13-8-14(13)12-6-10(3)5-11(4)7-12/h5-7,9,13-14H,8H2,1-4H3. The van der Waals surface area contributed by atoms with E-state index in [-0.39, 0.29) is 0 Å². The van der Waals surface area contributed by atoms with Gasteiger partial charge in [0.2, 0.25) is 0 Å². The first-order valence-corrected chi connectivity index (χ1v) is 5.66. The van der Waals surface area contributed by atoms with Gasteiger partial charge in [0, 0.05) is 0 Å². The normalized spacial score (nSPS) is 25.5. The molecule has 1 saturated carbocycles. The van der Waals surface area contributed by atoms with Gasteiger partial charge in [-0.2, -0.15) is 0 Å². The Bertz CT molecular complexity index is 316. The second kappa shape index (κ2) is 3.42. The van der Waals surface area contributed by atoms with Crippen molar-refractivity contribution in [3.8, 4) is 0 Å². The predicted molar refractivity (Wildman–Crippen MR) is 61.6 cm³/mol. The third-order valence-corrected chi connectivity index (χ3v) is 3.37. The molecule has 1 fully saturated rings. The van der Waals surface area contributed by atoms with E-state index >= 15 is 0 Å². The highest BCUT2D eigenvalue weighted by Gasteiger charge is 2.40. The highest BCUT2D eigenvalue weighted by Crippen LogP contribution is 2.51. The number of benzene rings is 1. The van der Waals surface area contributed by atoms with Gasteiger partial charge in [0.1, 0.15) is 0 Å². The topological polar surface area (TPSA) is 0 Å². The third kappa shape index (κ3) is 1.84. The Morgan fingerprint density at radius 2 is 1.64 bits per heavy atom. The first kappa shape index (κ1) is 9.76. The van der Waals surface area contributed by atoms with Crippen LogP contribution in [0.1, 0.15) is 42.9 Å². The molecule has 0 aromatic heterocycles. The molecule has 0 amide bonds. The van der Waals surface area contributed by atoms with Gasteiger partial charge >= 0.3 is 0 Å². The second-order valence-electron chi connectivity index (χ2n) is 5.17. The zero-order chi connectivity index (χ0) is 10.3. The van der Waals surface area contributed by atoms with Crippen LogP contribution in [0.5, 0.6) is 0 Å². The minimum atomic E-state index is 0.848. The van der Waals surface area contributed by atoms with Crippen LogP contribution in [-0.4, -0.2) is 0 Å². The van der Waals surface area contributed by atoms with E-state index in [1.54, 1.807) is 5.56 Å². The van der Waals surface area contributed by atoms with Gasteiger partial charge in [0.25, 0.3) is 0 Å². The Morgan fingerprint density at radius 3 is 2.07 bits per heavy atom. The van der Waals surface area contributed by atoms with Gasteiger partial charge in [-0.3, -0.25) is 0 Å². The minimum Gasteiger partial charge on any atom is -0.0625 e.